The molecule has 6 atom stereocenters. The molecule has 0 aliphatic carbocycles. The van der Waals surface area contributed by atoms with Gasteiger partial charge in [-0.3, -0.25) is 0 Å². The Kier molecular flexibility index (Phi) is 6.48. The van der Waals surface area contributed by atoms with Gasteiger partial charge >= 0.3 is 0 Å². The summed E-state index contributed by atoms with van der Waals surface area (Å²) in [5.74, 6) is 0.983. The minimum absolute atomic E-state index is 0.232. The maximum Gasteiger partial charge on any atom is 0.231 e. The van der Waals surface area contributed by atoms with Crippen molar-refractivity contribution in [2.75, 3.05) is 7.11 Å². The van der Waals surface area contributed by atoms with Gasteiger partial charge < -0.3 is 34.6 Å². The Balaban J connectivity index is 1.78. The van der Waals surface area contributed by atoms with Crippen LogP contribution in [0.1, 0.15) is 18.1 Å². The lowest BCUT2D eigenvalue weighted by Gasteiger charge is -2.41. The predicted molar refractivity (Wildman–Crippen MR) is 99.0 cm³/mol. The zero-order chi connectivity index (χ0) is 20.3. The third-order valence-corrected chi connectivity index (χ3v) is 4.71. The summed E-state index contributed by atoms with van der Waals surface area (Å²) in [6.45, 7) is 1.42. The van der Waals surface area contributed by atoms with Crippen molar-refractivity contribution in [1.29, 1.82) is 0 Å². The number of rotatable bonds is 6. The number of aromatic nitrogens is 1. The fourth-order valence-corrected chi connectivity index (χ4v) is 3.11. The first-order chi connectivity index (χ1) is 13.4. The highest BCUT2D eigenvalue weighted by Gasteiger charge is 2.46. The van der Waals surface area contributed by atoms with Crippen molar-refractivity contribution in [2.24, 2.45) is 0 Å². The Hall–Kier alpha value is -2.23. The van der Waals surface area contributed by atoms with Gasteiger partial charge in [-0.25, -0.2) is 4.98 Å². The Labute approximate surface area is 163 Å². The zero-order valence-electron chi connectivity index (χ0n) is 15.7. The highest BCUT2D eigenvalue weighted by Crippen LogP contribution is 2.27. The van der Waals surface area contributed by atoms with Gasteiger partial charge in [0.05, 0.1) is 13.2 Å². The van der Waals surface area contributed by atoms with Crippen LogP contribution in [0.15, 0.2) is 42.6 Å². The van der Waals surface area contributed by atoms with E-state index in [1.165, 1.54) is 6.92 Å². The van der Waals surface area contributed by atoms with Crippen LogP contribution in [0.5, 0.6) is 11.6 Å². The van der Waals surface area contributed by atoms with E-state index in [9.17, 15) is 20.4 Å². The van der Waals surface area contributed by atoms with E-state index in [1.807, 2.05) is 30.3 Å². The number of methoxy groups -OCH3 is 1. The van der Waals surface area contributed by atoms with Crippen LogP contribution >= 0.6 is 0 Å². The van der Waals surface area contributed by atoms with E-state index in [0.29, 0.717) is 6.42 Å². The van der Waals surface area contributed by atoms with Gasteiger partial charge in [0.2, 0.25) is 12.2 Å². The molecule has 1 aliphatic heterocycles. The summed E-state index contributed by atoms with van der Waals surface area (Å²) in [6.07, 6.45) is -5.85. The van der Waals surface area contributed by atoms with E-state index in [-0.39, 0.29) is 5.88 Å². The van der Waals surface area contributed by atoms with Crippen LogP contribution in [0.25, 0.3) is 0 Å². The highest BCUT2D eigenvalue weighted by molar-refractivity contribution is 5.35. The van der Waals surface area contributed by atoms with E-state index in [0.717, 1.165) is 16.9 Å². The van der Waals surface area contributed by atoms with E-state index in [1.54, 1.807) is 19.4 Å². The number of aliphatic hydroxyl groups excluding tert-OH is 4. The quantitative estimate of drug-likeness (QED) is 0.553. The first-order valence-corrected chi connectivity index (χ1v) is 9.02. The molecule has 0 amide bonds. The van der Waals surface area contributed by atoms with Crippen LogP contribution in [-0.2, 0) is 11.2 Å². The molecular weight excluding hydrogens is 366 g/mol. The smallest absolute Gasteiger partial charge is 0.231 e. The molecule has 0 saturated carbocycles. The number of hydrogen-bond donors (Lipinski definition) is 4. The summed E-state index contributed by atoms with van der Waals surface area (Å²) in [7, 11) is 1.60. The van der Waals surface area contributed by atoms with Crippen molar-refractivity contribution >= 4 is 0 Å². The third kappa shape index (κ3) is 4.43. The number of hydrogen-bond acceptors (Lipinski definition) is 8. The van der Waals surface area contributed by atoms with Gasteiger partial charge in [0.25, 0.3) is 0 Å². The second-order valence-electron chi connectivity index (χ2n) is 6.79. The molecule has 0 radical (unpaired) electrons. The average Bonchev–Trinajstić information content (AvgIpc) is 2.70. The molecule has 28 heavy (non-hydrogen) atoms. The molecule has 8 nitrogen and oxygen atoms in total. The van der Waals surface area contributed by atoms with Crippen LogP contribution in [-0.4, -0.2) is 69.3 Å². The van der Waals surface area contributed by atoms with E-state index in [4.69, 9.17) is 14.2 Å². The van der Waals surface area contributed by atoms with Crippen LogP contribution in [0, 0.1) is 0 Å². The first-order valence-electron chi connectivity index (χ1n) is 9.02. The number of nitrogens with zero attached hydrogens (tertiary/aromatic N) is 1. The summed E-state index contributed by atoms with van der Waals surface area (Å²) in [5, 5.41) is 40.0. The first kappa shape index (κ1) is 20.5. The fraction of sp³-hybridized carbons (Fsp3) is 0.450. The minimum Gasteiger partial charge on any atom is -0.497 e. The lowest BCUT2D eigenvalue weighted by Crippen LogP contribution is -2.61. The second kappa shape index (κ2) is 8.85. The summed E-state index contributed by atoms with van der Waals surface area (Å²) in [4.78, 5) is 4.21. The fourth-order valence-electron chi connectivity index (χ4n) is 3.11. The van der Waals surface area contributed by atoms with Crippen LogP contribution in [0.2, 0.25) is 0 Å². The van der Waals surface area contributed by atoms with Crippen molar-refractivity contribution in [1.82, 2.24) is 4.98 Å². The number of ether oxygens (including phenoxy) is 3. The maximum atomic E-state index is 10.2. The summed E-state index contributed by atoms with van der Waals surface area (Å²) >= 11 is 0. The molecule has 0 bridgehead atoms. The lowest BCUT2D eigenvalue weighted by atomic mass is 9.96. The molecule has 3 rings (SSSR count). The molecule has 2 heterocycles. The molecule has 0 spiro atoms. The van der Waals surface area contributed by atoms with E-state index < -0.39 is 36.8 Å². The molecule has 0 unspecified atom stereocenters. The Morgan fingerprint density at radius 2 is 1.79 bits per heavy atom. The normalized spacial score (nSPS) is 28.6. The highest BCUT2D eigenvalue weighted by atomic mass is 16.7. The predicted octanol–water partition coefficient (Wildman–Crippen LogP) is 0.248. The number of pyridine rings is 1. The van der Waals surface area contributed by atoms with Crippen LogP contribution < -0.4 is 9.47 Å². The molecule has 1 fully saturated rings. The minimum atomic E-state index is -1.52. The Morgan fingerprint density at radius 1 is 1.07 bits per heavy atom. The molecule has 1 aromatic carbocycles. The molecule has 1 saturated heterocycles. The van der Waals surface area contributed by atoms with Crippen molar-refractivity contribution in [3.63, 3.8) is 0 Å². The largest absolute Gasteiger partial charge is 0.497 e. The third-order valence-electron chi connectivity index (χ3n) is 4.71. The van der Waals surface area contributed by atoms with Crippen molar-refractivity contribution < 1.29 is 34.6 Å². The standard InChI is InChI=1S/C20H25NO7/c1-11(22)18-16(24)15(23)17(25)20(27-18)28-19-13(4-3-9-21-19)10-12-5-7-14(26-2)8-6-12/h3-9,11,15-18,20,22-25H,10H2,1-2H3/t11-,15+,16+,17-,18-,20+/m1/s1. The van der Waals surface area contributed by atoms with Crippen LogP contribution in [0.4, 0.5) is 0 Å². The summed E-state index contributed by atoms with van der Waals surface area (Å²) in [5.41, 5.74) is 1.75. The van der Waals surface area contributed by atoms with Crippen molar-refractivity contribution in [2.45, 2.75) is 50.2 Å². The second-order valence-corrected chi connectivity index (χ2v) is 6.79. The number of benzene rings is 1. The molecule has 152 valence electrons. The van der Waals surface area contributed by atoms with Crippen molar-refractivity contribution in [3.05, 3.63) is 53.7 Å². The van der Waals surface area contributed by atoms with Crippen LogP contribution in [0.3, 0.4) is 0 Å². The van der Waals surface area contributed by atoms with Gasteiger partial charge in [-0.2, -0.15) is 0 Å². The number of aliphatic hydroxyl groups is 4. The lowest BCUT2D eigenvalue weighted by molar-refractivity contribution is -0.287. The summed E-state index contributed by atoms with van der Waals surface area (Å²) in [6, 6.07) is 11.1. The van der Waals surface area contributed by atoms with Gasteiger partial charge in [0.1, 0.15) is 30.2 Å². The molecule has 8 heteroatoms. The Bertz CT molecular complexity index is 767. The van der Waals surface area contributed by atoms with Crippen molar-refractivity contribution in [3.8, 4) is 11.6 Å². The SMILES string of the molecule is COc1ccc(Cc2cccnc2O[C@@H]2O[C@H]([C@@H](C)O)[C@@H](O)[C@H](O)[C@H]2O)cc1. The van der Waals surface area contributed by atoms with Gasteiger partial charge in [-0.1, -0.05) is 18.2 Å². The topological polar surface area (TPSA) is 122 Å². The average molecular weight is 391 g/mol. The molecule has 1 aliphatic rings. The molecule has 4 N–H and O–H groups in total. The van der Waals surface area contributed by atoms with E-state index in [2.05, 4.69) is 4.98 Å². The van der Waals surface area contributed by atoms with Gasteiger partial charge in [-0.15, -0.1) is 0 Å². The molecule has 1 aromatic heterocycles. The molecular formula is C20H25NO7. The van der Waals surface area contributed by atoms with Gasteiger partial charge in [-0.05, 0) is 30.7 Å². The summed E-state index contributed by atoms with van der Waals surface area (Å²) < 4.78 is 16.4. The maximum absolute atomic E-state index is 10.2. The van der Waals surface area contributed by atoms with E-state index >= 15 is 0 Å². The molecule has 2 aromatic rings. The van der Waals surface area contributed by atoms with Gasteiger partial charge in [0, 0.05) is 18.2 Å². The Morgan fingerprint density at radius 3 is 2.43 bits per heavy atom. The monoisotopic (exact) mass is 391 g/mol. The zero-order valence-corrected chi connectivity index (χ0v) is 15.7. The van der Waals surface area contributed by atoms with Gasteiger partial charge in [0.15, 0.2) is 0 Å².